The average Bonchev–Trinajstić information content (AvgIpc) is 3.23. The van der Waals surface area contributed by atoms with Crippen molar-refractivity contribution in [3.63, 3.8) is 0 Å². The second-order valence-corrected chi connectivity index (χ2v) is 13.6. The van der Waals surface area contributed by atoms with Crippen molar-refractivity contribution in [3.05, 3.63) is 206 Å². The molecule has 0 nitrogen and oxygen atoms in total. The van der Waals surface area contributed by atoms with E-state index in [0.29, 0.717) is 0 Å². The molecule has 0 N–H and O–H groups in total. The lowest BCUT2D eigenvalue weighted by molar-refractivity contribution is 1.61. The smallest absolute Gasteiger partial charge is 0.00137 e. The van der Waals surface area contributed by atoms with E-state index in [1.807, 2.05) is 0 Å². The van der Waals surface area contributed by atoms with Crippen LogP contribution in [-0.2, 0) is 0 Å². The molecule has 0 fully saturated rings. The SMILES string of the molecule is c1ccc(-c2cccc3c(-c4cccc5ccccc45)c4c(-c5ccccc5)cccc4c(-c4ccc(-c5cccc6ccccc56)cc4)c23)cc1. The first-order chi connectivity index (χ1) is 25.8. The summed E-state index contributed by atoms with van der Waals surface area (Å²) in [5.41, 5.74) is 12.4. The molecule has 52 heavy (non-hydrogen) atoms. The largest absolute Gasteiger partial charge is 0.0622 e. The van der Waals surface area contributed by atoms with Gasteiger partial charge in [-0.2, -0.15) is 0 Å². The monoisotopic (exact) mass is 658 g/mol. The summed E-state index contributed by atoms with van der Waals surface area (Å²) >= 11 is 0. The van der Waals surface area contributed by atoms with E-state index >= 15 is 0 Å². The fourth-order valence-electron chi connectivity index (χ4n) is 8.36. The second-order valence-electron chi connectivity index (χ2n) is 13.6. The Balaban J connectivity index is 1.36. The van der Waals surface area contributed by atoms with E-state index in [2.05, 4.69) is 206 Å². The van der Waals surface area contributed by atoms with Crippen molar-refractivity contribution in [2.75, 3.05) is 0 Å². The van der Waals surface area contributed by atoms with Crippen LogP contribution in [0.2, 0.25) is 0 Å². The van der Waals surface area contributed by atoms with Gasteiger partial charge in [0.1, 0.15) is 0 Å². The quantitative estimate of drug-likeness (QED) is 0.161. The maximum atomic E-state index is 2.34. The molecule has 0 aliphatic rings. The van der Waals surface area contributed by atoms with Crippen molar-refractivity contribution in [2.24, 2.45) is 0 Å². The highest BCUT2D eigenvalue weighted by Gasteiger charge is 2.23. The van der Waals surface area contributed by atoms with Gasteiger partial charge in [-0.1, -0.05) is 206 Å². The summed E-state index contributed by atoms with van der Waals surface area (Å²) in [5.74, 6) is 0. The van der Waals surface area contributed by atoms with Crippen molar-refractivity contribution in [1.29, 1.82) is 0 Å². The van der Waals surface area contributed by atoms with Gasteiger partial charge in [-0.05, 0) is 98.7 Å². The van der Waals surface area contributed by atoms with Gasteiger partial charge in [-0.15, -0.1) is 0 Å². The molecular weight excluding hydrogens is 625 g/mol. The Bertz CT molecular complexity index is 2910. The molecule has 0 heteroatoms. The summed E-state index contributed by atoms with van der Waals surface area (Å²) in [6, 6.07) is 75.6. The van der Waals surface area contributed by atoms with Gasteiger partial charge < -0.3 is 0 Å². The van der Waals surface area contributed by atoms with E-state index in [-0.39, 0.29) is 0 Å². The van der Waals surface area contributed by atoms with Gasteiger partial charge in [-0.25, -0.2) is 0 Å². The summed E-state index contributed by atoms with van der Waals surface area (Å²) in [6.45, 7) is 0. The molecule has 0 spiro atoms. The summed E-state index contributed by atoms with van der Waals surface area (Å²) in [7, 11) is 0. The fraction of sp³-hybridized carbons (Fsp3) is 0. The number of rotatable bonds is 5. The molecule has 0 saturated carbocycles. The highest BCUT2D eigenvalue weighted by Crippen LogP contribution is 2.50. The van der Waals surface area contributed by atoms with Crippen LogP contribution in [-0.4, -0.2) is 0 Å². The van der Waals surface area contributed by atoms with Crippen LogP contribution in [0.15, 0.2) is 206 Å². The predicted molar refractivity (Wildman–Crippen MR) is 224 cm³/mol. The third kappa shape index (κ3) is 4.92. The first-order valence-corrected chi connectivity index (χ1v) is 18.0. The topological polar surface area (TPSA) is 0 Å². The van der Waals surface area contributed by atoms with Crippen LogP contribution in [0, 0.1) is 0 Å². The lowest BCUT2D eigenvalue weighted by Crippen LogP contribution is -1.95. The van der Waals surface area contributed by atoms with E-state index in [1.54, 1.807) is 0 Å². The van der Waals surface area contributed by atoms with Gasteiger partial charge in [0.15, 0.2) is 0 Å². The van der Waals surface area contributed by atoms with Gasteiger partial charge in [0.05, 0.1) is 0 Å². The second kappa shape index (κ2) is 12.5. The molecule has 10 rings (SSSR count). The number of hydrogen-bond donors (Lipinski definition) is 0. The molecule has 10 aromatic rings. The van der Waals surface area contributed by atoms with Crippen molar-refractivity contribution in [1.82, 2.24) is 0 Å². The number of benzene rings is 10. The van der Waals surface area contributed by atoms with Crippen molar-refractivity contribution in [2.45, 2.75) is 0 Å². The fourth-order valence-corrected chi connectivity index (χ4v) is 8.36. The van der Waals surface area contributed by atoms with E-state index in [0.717, 1.165) is 0 Å². The Morgan fingerprint density at radius 3 is 1.15 bits per heavy atom. The molecule has 0 amide bonds. The molecule has 242 valence electrons. The van der Waals surface area contributed by atoms with Gasteiger partial charge in [0, 0.05) is 0 Å². The van der Waals surface area contributed by atoms with Crippen LogP contribution in [0.5, 0.6) is 0 Å². The molecule has 0 bridgehead atoms. The molecule has 0 radical (unpaired) electrons. The Labute approximate surface area is 303 Å². The molecule has 0 atom stereocenters. The molecule has 0 aromatic heterocycles. The Morgan fingerprint density at radius 2 is 0.558 bits per heavy atom. The average molecular weight is 659 g/mol. The van der Waals surface area contributed by atoms with Gasteiger partial charge in [0.25, 0.3) is 0 Å². The molecule has 0 aliphatic heterocycles. The summed E-state index contributed by atoms with van der Waals surface area (Å²) in [5, 5.41) is 10.1. The molecule has 0 saturated heterocycles. The molecule has 0 aliphatic carbocycles. The predicted octanol–water partition coefficient (Wildman–Crippen LogP) is 14.6. The minimum Gasteiger partial charge on any atom is -0.0622 e. The maximum Gasteiger partial charge on any atom is -0.00137 e. The Morgan fingerprint density at radius 1 is 0.192 bits per heavy atom. The zero-order chi connectivity index (χ0) is 34.4. The number of hydrogen-bond acceptors (Lipinski definition) is 0. The number of fused-ring (bicyclic) bond motifs is 4. The van der Waals surface area contributed by atoms with E-state index in [4.69, 9.17) is 0 Å². The summed E-state index contributed by atoms with van der Waals surface area (Å²) in [4.78, 5) is 0. The van der Waals surface area contributed by atoms with Crippen LogP contribution >= 0.6 is 0 Å². The van der Waals surface area contributed by atoms with Crippen LogP contribution in [0.3, 0.4) is 0 Å². The van der Waals surface area contributed by atoms with Gasteiger partial charge in [0.2, 0.25) is 0 Å². The van der Waals surface area contributed by atoms with Crippen LogP contribution < -0.4 is 0 Å². The molecule has 0 heterocycles. The first-order valence-electron chi connectivity index (χ1n) is 18.0. The molecule has 10 aromatic carbocycles. The third-order valence-corrected chi connectivity index (χ3v) is 10.7. The zero-order valence-electron chi connectivity index (χ0n) is 28.6. The van der Waals surface area contributed by atoms with Crippen LogP contribution in [0.4, 0.5) is 0 Å². The van der Waals surface area contributed by atoms with E-state index < -0.39 is 0 Å². The first kappa shape index (κ1) is 30.1. The van der Waals surface area contributed by atoms with Crippen molar-refractivity contribution in [3.8, 4) is 55.6 Å². The standard InChI is InChI=1S/C52H34/c1-3-15-37(16-4-1)44-26-14-30-48-50(44)49(40-33-31-39(32-34-40)42-25-11-21-35-19-7-9-23-41(35)42)47-29-13-27-45(38-17-5-2-6-18-38)51(47)52(48)46-28-12-22-36-20-8-10-24-43(36)46/h1-34H. The third-order valence-electron chi connectivity index (χ3n) is 10.7. The lowest BCUT2D eigenvalue weighted by Gasteiger charge is -2.23. The minimum absolute atomic E-state index is 1.21. The van der Waals surface area contributed by atoms with Gasteiger partial charge in [-0.3, -0.25) is 0 Å². The normalized spacial score (nSPS) is 11.5. The Kier molecular flexibility index (Phi) is 7.25. The van der Waals surface area contributed by atoms with E-state index in [9.17, 15) is 0 Å². The summed E-state index contributed by atoms with van der Waals surface area (Å²) in [6.07, 6.45) is 0. The summed E-state index contributed by atoms with van der Waals surface area (Å²) < 4.78 is 0. The lowest BCUT2D eigenvalue weighted by atomic mass is 9.80. The zero-order valence-corrected chi connectivity index (χ0v) is 28.6. The van der Waals surface area contributed by atoms with E-state index in [1.165, 1.54) is 98.7 Å². The highest BCUT2D eigenvalue weighted by atomic mass is 14.3. The van der Waals surface area contributed by atoms with Crippen molar-refractivity contribution >= 4 is 43.1 Å². The van der Waals surface area contributed by atoms with Crippen LogP contribution in [0.1, 0.15) is 0 Å². The minimum atomic E-state index is 1.21. The molecular formula is C52H34. The Hall–Kier alpha value is -6.76. The van der Waals surface area contributed by atoms with Gasteiger partial charge >= 0.3 is 0 Å². The highest BCUT2D eigenvalue weighted by molar-refractivity contribution is 6.28. The van der Waals surface area contributed by atoms with Crippen LogP contribution in [0.25, 0.3) is 98.7 Å². The van der Waals surface area contributed by atoms with Crippen molar-refractivity contribution < 1.29 is 0 Å². The maximum absolute atomic E-state index is 2.34. The molecule has 0 unspecified atom stereocenters.